The van der Waals surface area contributed by atoms with Crippen LogP contribution < -0.4 is 4.74 Å². The second kappa shape index (κ2) is 4.96. The Bertz CT molecular complexity index is 698. The number of aromatic nitrogens is 2. The van der Waals surface area contributed by atoms with Crippen LogP contribution in [0.1, 0.15) is 28.0 Å². The molecule has 0 aliphatic heterocycles. The van der Waals surface area contributed by atoms with Crippen molar-refractivity contribution >= 4 is 11.9 Å². The van der Waals surface area contributed by atoms with Crippen molar-refractivity contribution in [3.63, 3.8) is 0 Å². The van der Waals surface area contributed by atoms with Gasteiger partial charge >= 0.3 is 0 Å². The zero-order valence-electron chi connectivity index (χ0n) is 11.6. The number of carbonyl (C=O) groups is 1. The van der Waals surface area contributed by atoms with Gasteiger partial charge in [-0.15, -0.1) is 0 Å². The highest BCUT2D eigenvalue weighted by molar-refractivity contribution is 6.13. The Morgan fingerprint density at radius 3 is 2.85 bits per heavy atom. The van der Waals surface area contributed by atoms with Crippen LogP contribution in [0.15, 0.2) is 36.0 Å². The van der Waals surface area contributed by atoms with Gasteiger partial charge in [0.1, 0.15) is 5.75 Å². The van der Waals surface area contributed by atoms with E-state index < -0.39 is 0 Å². The van der Waals surface area contributed by atoms with Gasteiger partial charge < -0.3 is 4.74 Å². The third kappa shape index (κ3) is 2.13. The maximum absolute atomic E-state index is 12.5. The normalized spacial score (nSPS) is 16.3. The molecule has 0 fully saturated rings. The Morgan fingerprint density at radius 1 is 1.30 bits per heavy atom. The number of fused-ring (bicyclic) bond motifs is 1. The van der Waals surface area contributed by atoms with E-state index >= 15 is 0 Å². The minimum Gasteiger partial charge on any atom is -0.497 e. The smallest absolute Gasteiger partial charge is 0.189 e. The number of Topliss-reactive ketones (excluding diaryl/α,β-unsaturated/α-hetero) is 1. The average molecular weight is 268 g/mol. The fourth-order valence-corrected chi connectivity index (χ4v) is 2.52. The van der Waals surface area contributed by atoms with Crippen molar-refractivity contribution in [3.05, 3.63) is 52.9 Å². The van der Waals surface area contributed by atoms with Gasteiger partial charge in [-0.25, -0.2) is 0 Å². The molecule has 4 heteroatoms. The lowest BCUT2D eigenvalue weighted by atomic mass is 9.86. The van der Waals surface area contributed by atoms with E-state index in [4.69, 9.17) is 4.74 Å². The van der Waals surface area contributed by atoms with Gasteiger partial charge in [0.2, 0.25) is 0 Å². The van der Waals surface area contributed by atoms with E-state index in [9.17, 15) is 4.79 Å². The summed E-state index contributed by atoms with van der Waals surface area (Å²) in [6.45, 7) is 0. The fraction of sp³-hybridized carbons (Fsp3) is 0.250. The number of methoxy groups -OCH3 is 1. The minimum atomic E-state index is 0.107. The third-order valence-electron chi connectivity index (χ3n) is 3.69. The van der Waals surface area contributed by atoms with Crippen LogP contribution >= 0.6 is 0 Å². The molecular weight excluding hydrogens is 252 g/mol. The first kappa shape index (κ1) is 12.7. The summed E-state index contributed by atoms with van der Waals surface area (Å²) in [5.74, 6) is 0.908. The van der Waals surface area contributed by atoms with Crippen molar-refractivity contribution in [3.8, 4) is 5.75 Å². The van der Waals surface area contributed by atoms with Gasteiger partial charge in [-0.2, -0.15) is 5.10 Å². The van der Waals surface area contributed by atoms with Crippen molar-refractivity contribution in [2.24, 2.45) is 7.05 Å². The van der Waals surface area contributed by atoms with E-state index in [1.807, 2.05) is 37.4 Å². The predicted molar refractivity (Wildman–Crippen MR) is 76.8 cm³/mol. The van der Waals surface area contributed by atoms with E-state index in [0.29, 0.717) is 0 Å². The first-order valence-electron chi connectivity index (χ1n) is 6.59. The molecule has 1 heterocycles. The van der Waals surface area contributed by atoms with E-state index in [2.05, 4.69) is 5.10 Å². The molecule has 4 nitrogen and oxygen atoms in total. The Morgan fingerprint density at radius 2 is 2.15 bits per heavy atom. The summed E-state index contributed by atoms with van der Waals surface area (Å²) >= 11 is 0. The molecule has 102 valence electrons. The highest BCUT2D eigenvalue weighted by atomic mass is 16.5. The van der Waals surface area contributed by atoms with Gasteiger partial charge in [0.15, 0.2) is 5.78 Å². The molecule has 0 radical (unpaired) electrons. The summed E-state index contributed by atoms with van der Waals surface area (Å²) in [6, 6.07) is 7.55. The number of rotatable bonds is 2. The zero-order chi connectivity index (χ0) is 14.1. The SMILES string of the molecule is COc1ccc2c(c1)CC/C(=C\c1ccnn1C)C2=O. The summed E-state index contributed by atoms with van der Waals surface area (Å²) < 4.78 is 6.97. The number of carbonyl (C=O) groups excluding carboxylic acids is 1. The van der Waals surface area contributed by atoms with Crippen LogP contribution in [0.2, 0.25) is 0 Å². The maximum atomic E-state index is 12.5. The van der Waals surface area contributed by atoms with E-state index in [0.717, 1.165) is 41.0 Å². The van der Waals surface area contributed by atoms with Crippen LogP contribution in [0, 0.1) is 0 Å². The molecule has 0 unspecified atom stereocenters. The van der Waals surface area contributed by atoms with Crippen LogP contribution in [-0.2, 0) is 13.5 Å². The van der Waals surface area contributed by atoms with Crippen molar-refractivity contribution in [1.29, 1.82) is 0 Å². The predicted octanol–water partition coefficient (Wildman–Crippen LogP) is 2.64. The van der Waals surface area contributed by atoms with Crippen molar-refractivity contribution in [1.82, 2.24) is 9.78 Å². The van der Waals surface area contributed by atoms with Crippen LogP contribution in [0.5, 0.6) is 5.75 Å². The molecule has 0 spiro atoms. The number of aryl methyl sites for hydroxylation is 2. The molecule has 20 heavy (non-hydrogen) atoms. The molecule has 0 saturated carbocycles. The molecule has 0 N–H and O–H groups in total. The summed E-state index contributed by atoms with van der Waals surface area (Å²) in [6.07, 6.45) is 5.28. The van der Waals surface area contributed by atoms with E-state index in [-0.39, 0.29) is 5.78 Å². The van der Waals surface area contributed by atoms with Crippen molar-refractivity contribution in [2.75, 3.05) is 7.11 Å². The van der Waals surface area contributed by atoms with Gasteiger partial charge in [0, 0.05) is 24.4 Å². The topological polar surface area (TPSA) is 44.1 Å². The Hall–Kier alpha value is -2.36. The Balaban J connectivity index is 1.97. The summed E-state index contributed by atoms with van der Waals surface area (Å²) in [7, 11) is 3.51. The van der Waals surface area contributed by atoms with Gasteiger partial charge in [0.05, 0.1) is 12.8 Å². The number of hydrogen-bond donors (Lipinski definition) is 0. The zero-order valence-corrected chi connectivity index (χ0v) is 11.6. The second-order valence-corrected chi connectivity index (χ2v) is 4.90. The lowest BCUT2D eigenvalue weighted by Gasteiger charge is -2.18. The van der Waals surface area contributed by atoms with Gasteiger partial charge in [-0.1, -0.05) is 0 Å². The number of allylic oxidation sites excluding steroid dienone is 1. The maximum Gasteiger partial charge on any atom is 0.189 e. The van der Waals surface area contributed by atoms with Gasteiger partial charge in [-0.05, 0) is 48.7 Å². The summed E-state index contributed by atoms with van der Waals surface area (Å²) in [5.41, 5.74) is 3.64. The van der Waals surface area contributed by atoms with Crippen LogP contribution in [0.25, 0.3) is 6.08 Å². The summed E-state index contributed by atoms with van der Waals surface area (Å²) in [4.78, 5) is 12.5. The van der Waals surface area contributed by atoms with Crippen molar-refractivity contribution < 1.29 is 9.53 Å². The van der Waals surface area contributed by atoms with Crippen LogP contribution in [0.4, 0.5) is 0 Å². The Kier molecular flexibility index (Phi) is 3.14. The molecule has 1 aromatic carbocycles. The molecule has 0 atom stereocenters. The number of hydrogen-bond acceptors (Lipinski definition) is 3. The third-order valence-corrected chi connectivity index (χ3v) is 3.69. The summed E-state index contributed by atoms with van der Waals surface area (Å²) in [5, 5.41) is 4.12. The molecule has 1 aliphatic rings. The molecule has 1 aliphatic carbocycles. The highest BCUT2D eigenvalue weighted by Crippen LogP contribution is 2.29. The highest BCUT2D eigenvalue weighted by Gasteiger charge is 2.22. The number of ether oxygens (including phenoxy) is 1. The van der Waals surface area contributed by atoms with Crippen LogP contribution in [0.3, 0.4) is 0 Å². The lowest BCUT2D eigenvalue weighted by molar-refractivity contribution is 0.102. The largest absolute Gasteiger partial charge is 0.497 e. The number of benzene rings is 1. The molecular formula is C16H16N2O2. The van der Waals surface area contributed by atoms with Gasteiger partial charge in [-0.3, -0.25) is 9.48 Å². The molecule has 0 amide bonds. The van der Waals surface area contributed by atoms with Gasteiger partial charge in [0.25, 0.3) is 0 Å². The van der Waals surface area contributed by atoms with E-state index in [1.54, 1.807) is 18.0 Å². The molecule has 0 bridgehead atoms. The fourth-order valence-electron chi connectivity index (χ4n) is 2.52. The molecule has 1 aromatic heterocycles. The first-order chi connectivity index (χ1) is 9.69. The quantitative estimate of drug-likeness (QED) is 0.786. The lowest BCUT2D eigenvalue weighted by Crippen LogP contribution is -2.14. The average Bonchev–Trinajstić information content (AvgIpc) is 2.87. The second-order valence-electron chi connectivity index (χ2n) is 4.90. The number of nitrogens with zero attached hydrogens (tertiary/aromatic N) is 2. The van der Waals surface area contributed by atoms with E-state index in [1.165, 1.54) is 0 Å². The van der Waals surface area contributed by atoms with Crippen LogP contribution in [-0.4, -0.2) is 22.7 Å². The Labute approximate surface area is 117 Å². The van der Waals surface area contributed by atoms with Crippen molar-refractivity contribution in [2.45, 2.75) is 12.8 Å². The molecule has 3 rings (SSSR count). The minimum absolute atomic E-state index is 0.107. The standard InChI is InChI=1S/C16H16N2O2/c1-18-13(7-8-17-18)9-12-4-3-11-10-14(20-2)5-6-15(11)16(12)19/h5-10H,3-4H2,1-2H3/b12-9+. The monoisotopic (exact) mass is 268 g/mol. The molecule has 0 saturated heterocycles. The molecule has 2 aromatic rings. The first-order valence-corrected chi connectivity index (χ1v) is 6.59. The number of ketones is 1.